The Balaban J connectivity index is 1.80. The molecule has 2 heterocycles. The Morgan fingerprint density at radius 2 is 2.35 bits per heavy atom. The number of ether oxygens (including phenoxy) is 1. The summed E-state index contributed by atoms with van der Waals surface area (Å²) in [5, 5.41) is 2.54. The first-order valence-corrected chi connectivity index (χ1v) is 7.12. The minimum atomic E-state index is -0.387. The maximum Gasteiger partial charge on any atom is 0.262 e. The van der Waals surface area contributed by atoms with Crippen LogP contribution < -0.4 is 10.1 Å². The molecule has 0 bridgehead atoms. The number of carbonyl (C=O) groups is 1. The summed E-state index contributed by atoms with van der Waals surface area (Å²) in [6, 6.07) is 3.45. The van der Waals surface area contributed by atoms with Gasteiger partial charge in [-0.05, 0) is 48.6 Å². The van der Waals surface area contributed by atoms with E-state index in [4.69, 9.17) is 16.5 Å². The van der Waals surface area contributed by atoms with E-state index >= 15 is 0 Å². The van der Waals surface area contributed by atoms with Crippen LogP contribution in [-0.2, 0) is 11.2 Å². The molecule has 1 amide bonds. The number of nitrogens with zero attached hydrogens (tertiary/aromatic N) is 1. The zero-order valence-electron chi connectivity index (χ0n) is 11.0. The second kappa shape index (κ2) is 5.58. The summed E-state index contributed by atoms with van der Waals surface area (Å²) in [5.74, 6) is 0.0304. The lowest BCUT2D eigenvalue weighted by Crippen LogP contribution is -2.30. The smallest absolute Gasteiger partial charge is 0.262 e. The molecule has 1 saturated heterocycles. The monoisotopic (exact) mass is 298 g/mol. The Hall–Kier alpha value is -1.33. The summed E-state index contributed by atoms with van der Waals surface area (Å²) in [7, 11) is 0. The molecule has 2 aliphatic heterocycles. The van der Waals surface area contributed by atoms with Gasteiger partial charge < -0.3 is 10.1 Å². The van der Waals surface area contributed by atoms with Crippen LogP contribution in [0.1, 0.15) is 18.4 Å². The largest absolute Gasteiger partial charge is 0.481 e. The molecule has 0 spiro atoms. The van der Waals surface area contributed by atoms with Crippen molar-refractivity contribution in [2.75, 3.05) is 25.0 Å². The number of halogens is 2. The van der Waals surface area contributed by atoms with Crippen LogP contribution in [0, 0.1) is 11.7 Å². The number of hydrogen-bond donors (Lipinski definition) is 1. The van der Waals surface area contributed by atoms with E-state index < -0.39 is 0 Å². The van der Waals surface area contributed by atoms with Crippen molar-refractivity contribution in [2.45, 2.75) is 19.3 Å². The molecule has 4 nitrogen and oxygen atoms in total. The lowest BCUT2D eigenvalue weighted by Gasteiger charge is -2.28. The van der Waals surface area contributed by atoms with Gasteiger partial charge in [-0.3, -0.25) is 4.79 Å². The van der Waals surface area contributed by atoms with Gasteiger partial charge >= 0.3 is 0 Å². The van der Waals surface area contributed by atoms with Crippen LogP contribution >= 0.6 is 11.8 Å². The van der Waals surface area contributed by atoms with Crippen LogP contribution in [0.4, 0.5) is 10.1 Å². The van der Waals surface area contributed by atoms with E-state index in [2.05, 4.69) is 5.32 Å². The third kappa shape index (κ3) is 2.74. The Morgan fingerprint density at radius 1 is 1.50 bits per heavy atom. The van der Waals surface area contributed by atoms with E-state index in [0.717, 1.165) is 25.9 Å². The van der Waals surface area contributed by atoms with E-state index in [1.54, 1.807) is 16.6 Å². The van der Waals surface area contributed by atoms with Gasteiger partial charge in [0, 0.05) is 13.1 Å². The van der Waals surface area contributed by atoms with Gasteiger partial charge in [0.1, 0.15) is 11.4 Å². The topological polar surface area (TPSA) is 41.6 Å². The van der Waals surface area contributed by atoms with E-state index in [1.165, 1.54) is 0 Å². The highest BCUT2D eigenvalue weighted by Crippen LogP contribution is 2.34. The van der Waals surface area contributed by atoms with Crippen LogP contribution in [0.3, 0.4) is 0 Å². The van der Waals surface area contributed by atoms with Crippen molar-refractivity contribution in [3.8, 4) is 5.75 Å². The Kier molecular flexibility index (Phi) is 3.81. The maximum atomic E-state index is 14.4. The molecule has 0 aliphatic carbocycles. The van der Waals surface area contributed by atoms with Gasteiger partial charge in [0.25, 0.3) is 5.91 Å². The number of benzene rings is 1. The van der Waals surface area contributed by atoms with E-state index in [-0.39, 0.29) is 24.0 Å². The molecule has 0 saturated carbocycles. The van der Waals surface area contributed by atoms with Gasteiger partial charge in [-0.1, -0.05) is 6.07 Å². The fraction of sp³-hybridized carbons (Fsp3) is 0.500. The van der Waals surface area contributed by atoms with Crippen molar-refractivity contribution in [2.24, 2.45) is 5.92 Å². The first-order valence-electron chi connectivity index (χ1n) is 6.78. The highest BCUT2D eigenvalue weighted by Gasteiger charge is 2.24. The first kappa shape index (κ1) is 13.6. The number of hydrogen-bond acceptors (Lipinski definition) is 3. The summed E-state index contributed by atoms with van der Waals surface area (Å²) >= 11 is 6.01. The van der Waals surface area contributed by atoms with Crippen LogP contribution in [-0.4, -0.2) is 30.0 Å². The van der Waals surface area contributed by atoms with Gasteiger partial charge in [0.05, 0.1) is 0 Å². The van der Waals surface area contributed by atoms with Crippen molar-refractivity contribution in [3.05, 3.63) is 23.5 Å². The second-order valence-electron chi connectivity index (χ2n) is 5.33. The van der Waals surface area contributed by atoms with Gasteiger partial charge in [-0.15, -0.1) is 0 Å². The second-order valence-corrected chi connectivity index (χ2v) is 5.81. The minimum absolute atomic E-state index is 0.0599. The third-order valence-electron chi connectivity index (χ3n) is 3.78. The summed E-state index contributed by atoms with van der Waals surface area (Å²) in [6.07, 6.45) is 2.70. The summed E-state index contributed by atoms with van der Waals surface area (Å²) in [6.45, 7) is 1.59. The van der Waals surface area contributed by atoms with Gasteiger partial charge in [0.2, 0.25) is 0 Å². The predicted molar refractivity (Wildman–Crippen MR) is 74.4 cm³/mol. The molecule has 1 unspecified atom stereocenters. The SMILES string of the molecule is O=C1COc2ccc(CC3CCCN(Cl)C3)c(F)c2N1. The van der Waals surface area contributed by atoms with Gasteiger partial charge in [0.15, 0.2) is 12.4 Å². The maximum absolute atomic E-state index is 14.4. The van der Waals surface area contributed by atoms with Crippen molar-refractivity contribution in [3.63, 3.8) is 0 Å². The zero-order valence-corrected chi connectivity index (χ0v) is 11.8. The van der Waals surface area contributed by atoms with Crippen molar-refractivity contribution >= 4 is 23.4 Å². The number of anilines is 1. The molecule has 20 heavy (non-hydrogen) atoms. The van der Waals surface area contributed by atoms with E-state index in [1.807, 2.05) is 0 Å². The highest BCUT2D eigenvalue weighted by molar-refractivity contribution is 6.13. The molecule has 1 aromatic carbocycles. The Bertz CT molecular complexity index is 538. The van der Waals surface area contributed by atoms with Crippen molar-refractivity contribution < 1.29 is 13.9 Å². The molecule has 1 atom stereocenters. The molecule has 3 rings (SSSR count). The average Bonchev–Trinajstić information content (AvgIpc) is 2.43. The molecule has 2 aliphatic rings. The molecular formula is C14H16ClFN2O2. The van der Waals surface area contributed by atoms with E-state index in [0.29, 0.717) is 23.7 Å². The molecular weight excluding hydrogens is 283 g/mol. The molecule has 1 N–H and O–H groups in total. The number of fused-ring (bicyclic) bond motifs is 1. The van der Waals surface area contributed by atoms with Crippen molar-refractivity contribution in [1.29, 1.82) is 0 Å². The molecule has 0 radical (unpaired) electrons. The number of nitrogens with one attached hydrogen (secondary N) is 1. The first-order chi connectivity index (χ1) is 9.63. The van der Waals surface area contributed by atoms with Crippen molar-refractivity contribution in [1.82, 2.24) is 4.42 Å². The summed E-state index contributed by atoms with van der Waals surface area (Å²) < 4.78 is 21.4. The van der Waals surface area contributed by atoms with Gasteiger partial charge in [-0.25, -0.2) is 8.81 Å². The number of carbonyl (C=O) groups excluding carboxylic acids is 1. The predicted octanol–water partition coefficient (Wildman–Crippen LogP) is 2.56. The zero-order chi connectivity index (χ0) is 14.1. The Labute approximate surface area is 122 Å². The molecule has 1 aromatic rings. The van der Waals surface area contributed by atoms with Gasteiger partial charge in [-0.2, -0.15) is 0 Å². The lowest BCUT2D eigenvalue weighted by atomic mass is 9.91. The summed E-state index contributed by atoms with van der Waals surface area (Å²) in [5.41, 5.74) is 0.767. The number of piperidine rings is 1. The molecule has 6 heteroatoms. The lowest BCUT2D eigenvalue weighted by molar-refractivity contribution is -0.118. The normalized spacial score (nSPS) is 22.9. The standard InChI is InChI=1S/C14H16ClFN2O2/c15-18-5-1-2-9(7-18)6-10-3-4-11-14(13(10)16)17-12(19)8-20-11/h3-4,9H,1-2,5-8H2,(H,17,19). The fourth-order valence-corrected chi connectivity index (χ4v) is 3.12. The summed E-state index contributed by atoms with van der Waals surface area (Å²) in [4.78, 5) is 11.3. The molecule has 1 fully saturated rings. The van der Waals surface area contributed by atoms with E-state index in [9.17, 15) is 9.18 Å². The fourth-order valence-electron chi connectivity index (χ4n) is 2.81. The third-order valence-corrected chi connectivity index (χ3v) is 4.09. The number of amides is 1. The molecule has 0 aromatic heterocycles. The van der Waals surface area contributed by atoms with Crippen LogP contribution in [0.5, 0.6) is 5.75 Å². The Morgan fingerprint density at radius 3 is 3.15 bits per heavy atom. The quantitative estimate of drug-likeness (QED) is 0.853. The molecule has 108 valence electrons. The average molecular weight is 299 g/mol. The van der Waals surface area contributed by atoms with Crippen LogP contribution in [0.2, 0.25) is 0 Å². The van der Waals surface area contributed by atoms with Crippen LogP contribution in [0.15, 0.2) is 12.1 Å². The highest BCUT2D eigenvalue weighted by atomic mass is 35.5. The number of rotatable bonds is 2. The minimum Gasteiger partial charge on any atom is -0.481 e. The van der Waals surface area contributed by atoms with Crippen LogP contribution in [0.25, 0.3) is 0 Å².